The minimum absolute atomic E-state index is 0.00133. The number of likely N-dealkylation sites (N-methyl/N-ethyl adjacent to an activating group) is 1. The molecule has 1 N–H and O–H groups in total. The van der Waals surface area contributed by atoms with E-state index in [0.29, 0.717) is 13.0 Å². The molecule has 0 spiro atoms. The van der Waals surface area contributed by atoms with Gasteiger partial charge in [0.1, 0.15) is 6.42 Å². The molecule has 0 aliphatic carbocycles. The Hall–Kier alpha value is -1.59. The molecule has 1 atom stereocenters. The van der Waals surface area contributed by atoms with Crippen molar-refractivity contribution in [2.45, 2.75) is 25.8 Å². The molecule has 1 fully saturated rings. The van der Waals surface area contributed by atoms with Crippen LogP contribution in [0.2, 0.25) is 0 Å². The molecule has 0 saturated carbocycles. The summed E-state index contributed by atoms with van der Waals surface area (Å²) < 4.78 is 4.64. The SMILES string of the molecule is CCOC(=O)CC(=O)NC1CC(=O)N(C)C1. The second-order valence-electron chi connectivity index (χ2n) is 3.72. The van der Waals surface area contributed by atoms with Crippen molar-refractivity contribution >= 4 is 17.8 Å². The molecular weight excluding hydrogens is 212 g/mol. The van der Waals surface area contributed by atoms with Crippen LogP contribution in [0.4, 0.5) is 0 Å². The van der Waals surface area contributed by atoms with Gasteiger partial charge in [0, 0.05) is 20.0 Å². The van der Waals surface area contributed by atoms with E-state index in [1.807, 2.05) is 0 Å². The minimum atomic E-state index is -0.544. The quantitative estimate of drug-likeness (QED) is 0.509. The summed E-state index contributed by atoms with van der Waals surface area (Å²) in [5, 5.41) is 2.63. The third-order valence-corrected chi connectivity index (χ3v) is 2.32. The third kappa shape index (κ3) is 3.52. The van der Waals surface area contributed by atoms with Crippen LogP contribution in [0.1, 0.15) is 19.8 Å². The van der Waals surface area contributed by atoms with Crippen LogP contribution in [0.15, 0.2) is 0 Å². The summed E-state index contributed by atoms with van der Waals surface area (Å²) >= 11 is 0. The summed E-state index contributed by atoms with van der Waals surface area (Å²) in [6, 6.07) is -0.195. The molecule has 0 aromatic rings. The average molecular weight is 228 g/mol. The van der Waals surface area contributed by atoms with Crippen molar-refractivity contribution in [1.29, 1.82) is 0 Å². The first-order valence-corrected chi connectivity index (χ1v) is 5.22. The van der Waals surface area contributed by atoms with Gasteiger partial charge in [0.05, 0.1) is 12.6 Å². The molecule has 1 aliphatic rings. The summed E-state index contributed by atoms with van der Waals surface area (Å²) in [7, 11) is 1.68. The Morgan fingerprint density at radius 2 is 2.25 bits per heavy atom. The minimum Gasteiger partial charge on any atom is -0.466 e. The number of amides is 2. The van der Waals surface area contributed by atoms with E-state index in [-0.39, 0.29) is 25.0 Å². The fraction of sp³-hybridized carbons (Fsp3) is 0.700. The van der Waals surface area contributed by atoms with Gasteiger partial charge in [-0.1, -0.05) is 0 Å². The van der Waals surface area contributed by atoms with Crippen LogP contribution >= 0.6 is 0 Å². The highest BCUT2D eigenvalue weighted by Crippen LogP contribution is 2.08. The summed E-state index contributed by atoms with van der Waals surface area (Å²) in [6.45, 7) is 2.44. The topological polar surface area (TPSA) is 75.7 Å². The van der Waals surface area contributed by atoms with Gasteiger partial charge in [-0.15, -0.1) is 0 Å². The lowest BCUT2D eigenvalue weighted by Crippen LogP contribution is -2.37. The number of nitrogens with one attached hydrogen (secondary N) is 1. The van der Waals surface area contributed by atoms with Crippen molar-refractivity contribution in [3.8, 4) is 0 Å². The zero-order chi connectivity index (χ0) is 12.1. The molecule has 1 aliphatic heterocycles. The van der Waals surface area contributed by atoms with E-state index in [1.54, 1.807) is 18.9 Å². The average Bonchev–Trinajstić information content (AvgIpc) is 2.45. The molecule has 1 rings (SSSR count). The number of nitrogens with zero attached hydrogens (tertiary/aromatic N) is 1. The molecule has 2 amide bonds. The van der Waals surface area contributed by atoms with Crippen LogP contribution in [0.3, 0.4) is 0 Å². The number of carbonyl (C=O) groups excluding carboxylic acids is 3. The first-order chi connectivity index (χ1) is 7.52. The van der Waals surface area contributed by atoms with Gasteiger partial charge in [0.2, 0.25) is 11.8 Å². The van der Waals surface area contributed by atoms with Gasteiger partial charge in [0.15, 0.2) is 0 Å². The number of hydrogen-bond acceptors (Lipinski definition) is 4. The number of hydrogen-bond donors (Lipinski definition) is 1. The van der Waals surface area contributed by atoms with Crippen molar-refractivity contribution in [1.82, 2.24) is 10.2 Å². The first-order valence-electron chi connectivity index (χ1n) is 5.22. The summed E-state index contributed by atoms with van der Waals surface area (Å²) in [5.41, 5.74) is 0. The van der Waals surface area contributed by atoms with Gasteiger partial charge in [-0.2, -0.15) is 0 Å². The maximum absolute atomic E-state index is 11.4. The van der Waals surface area contributed by atoms with E-state index in [2.05, 4.69) is 10.1 Å². The molecule has 0 aromatic heterocycles. The summed E-state index contributed by atoms with van der Waals surface area (Å²) in [4.78, 5) is 35.1. The van der Waals surface area contributed by atoms with E-state index >= 15 is 0 Å². The molecule has 6 heteroatoms. The third-order valence-electron chi connectivity index (χ3n) is 2.32. The highest BCUT2D eigenvalue weighted by atomic mass is 16.5. The Bertz CT molecular complexity index is 303. The maximum Gasteiger partial charge on any atom is 0.315 e. The molecule has 16 heavy (non-hydrogen) atoms. The standard InChI is InChI=1S/C10H16N2O4/c1-3-16-10(15)5-8(13)11-7-4-9(14)12(2)6-7/h7H,3-6H2,1-2H3,(H,11,13). The van der Waals surface area contributed by atoms with Crippen LogP contribution in [0.5, 0.6) is 0 Å². The molecular formula is C10H16N2O4. The number of rotatable bonds is 4. The smallest absolute Gasteiger partial charge is 0.315 e. The van der Waals surface area contributed by atoms with Crippen LogP contribution in [-0.2, 0) is 19.1 Å². The lowest BCUT2D eigenvalue weighted by molar-refractivity contribution is -0.146. The lowest BCUT2D eigenvalue weighted by atomic mass is 10.2. The van der Waals surface area contributed by atoms with Crippen LogP contribution in [0, 0.1) is 0 Å². The molecule has 1 unspecified atom stereocenters. The highest BCUT2D eigenvalue weighted by Gasteiger charge is 2.28. The van der Waals surface area contributed by atoms with Gasteiger partial charge >= 0.3 is 5.97 Å². The van der Waals surface area contributed by atoms with Gasteiger partial charge in [0.25, 0.3) is 0 Å². The molecule has 0 bridgehead atoms. The molecule has 1 heterocycles. The molecule has 6 nitrogen and oxygen atoms in total. The first kappa shape index (κ1) is 12.5. The molecule has 0 radical (unpaired) electrons. The van der Waals surface area contributed by atoms with Crippen molar-refractivity contribution < 1.29 is 19.1 Å². The van der Waals surface area contributed by atoms with Crippen LogP contribution < -0.4 is 5.32 Å². The highest BCUT2D eigenvalue weighted by molar-refractivity contribution is 5.94. The van der Waals surface area contributed by atoms with E-state index in [1.165, 1.54) is 0 Å². The van der Waals surface area contributed by atoms with Gasteiger partial charge in [-0.25, -0.2) is 0 Å². The normalized spacial score (nSPS) is 19.8. The monoisotopic (exact) mass is 228 g/mol. The second kappa shape index (κ2) is 5.48. The fourth-order valence-corrected chi connectivity index (χ4v) is 1.58. The fourth-order valence-electron chi connectivity index (χ4n) is 1.58. The maximum atomic E-state index is 11.4. The number of esters is 1. The van der Waals surface area contributed by atoms with Gasteiger partial charge < -0.3 is 15.0 Å². The Morgan fingerprint density at radius 3 is 2.75 bits per heavy atom. The van der Waals surface area contributed by atoms with Crippen molar-refractivity contribution in [3.63, 3.8) is 0 Å². The zero-order valence-electron chi connectivity index (χ0n) is 9.49. The zero-order valence-corrected chi connectivity index (χ0v) is 9.49. The Morgan fingerprint density at radius 1 is 1.56 bits per heavy atom. The summed E-state index contributed by atoms with van der Waals surface area (Å²) in [5.74, 6) is -0.939. The van der Waals surface area contributed by atoms with Gasteiger partial charge in [-0.3, -0.25) is 14.4 Å². The van der Waals surface area contributed by atoms with Crippen molar-refractivity contribution in [2.75, 3.05) is 20.2 Å². The number of likely N-dealkylation sites (tertiary alicyclic amines) is 1. The predicted octanol–water partition coefficient (Wildman–Crippen LogP) is -0.713. The Kier molecular flexibility index (Phi) is 4.28. The number of carbonyl (C=O) groups is 3. The Labute approximate surface area is 93.9 Å². The molecule has 0 aromatic carbocycles. The van der Waals surface area contributed by atoms with Gasteiger partial charge in [-0.05, 0) is 6.92 Å². The largest absolute Gasteiger partial charge is 0.466 e. The lowest BCUT2D eigenvalue weighted by Gasteiger charge is -2.11. The molecule has 90 valence electrons. The predicted molar refractivity (Wildman–Crippen MR) is 55.4 cm³/mol. The van der Waals surface area contributed by atoms with E-state index in [9.17, 15) is 14.4 Å². The van der Waals surface area contributed by atoms with E-state index < -0.39 is 11.9 Å². The van der Waals surface area contributed by atoms with Crippen LogP contribution in [0.25, 0.3) is 0 Å². The van der Waals surface area contributed by atoms with E-state index in [4.69, 9.17) is 0 Å². The van der Waals surface area contributed by atoms with Crippen LogP contribution in [-0.4, -0.2) is 48.9 Å². The number of ether oxygens (including phenoxy) is 1. The summed E-state index contributed by atoms with van der Waals surface area (Å²) in [6.07, 6.45) is 0.00725. The van der Waals surface area contributed by atoms with Crippen molar-refractivity contribution in [2.24, 2.45) is 0 Å². The Balaban J connectivity index is 2.30. The molecule has 1 saturated heterocycles. The second-order valence-corrected chi connectivity index (χ2v) is 3.72. The van der Waals surface area contributed by atoms with Crippen molar-refractivity contribution in [3.05, 3.63) is 0 Å². The van der Waals surface area contributed by atoms with E-state index in [0.717, 1.165) is 0 Å².